The third-order valence-electron chi connectivity index (χ3n) is 3.66. The second-order valence-corrected chi connectivity index (χ2v) is 5.91. The lowest BCUT2D eigenvalue weighted by molar-refractivity contribution is 0.0948. The highest BCUT2D eigenvalue weighted by molar-refractivity contribution is 6.32. The Morgan fingerprint density at radius 1 is 1.00 bits per heavy atom. The fourth-order valence-electron chi connectivity index (χ4n) is 2.39. The first-order valence-corrected chi connectivity index (χ1v) is 8.49. The van der Waals surface area contributed by atoms with Gasteiger partial charge in [0.1, 0.15) is 0 Å². The predicted molar refractivity (Wildman–Crippen MR) is 100 cm³/mol. The molecule has 1 amide bonds. The highest BCUT2D eigenvalue weighted by atomic mass is 35.5. The molecule has 0 saturated carbocycles. The molecule has 0 aliphatic rings. The van der Waals surface area contributed by atoms with Gasteiger partial charge in [0.25, 0.3) is 5.91 Å². The average Bonchev–Trinajstić information content (AvgIpc) is 3.12. The lowest BCUT2D eigenvalue weighted by atomic mass is 10.3. The molecular formula is C19H19ClN4O. The molecule has 3 rings (SSSR count). The average molecular weight is 355 g/mol. The van der Waals surface area contributed by atoms with Gasteiger partial charge in [-0.3, -0.25) is 4.79 Å². The number of nitrogens with one attached hydrogen (secondary N) is 2. The number of aromatic nitrogens is 2. The van der Waals surface area contributed by atoms with Gasteiger partial charge in [-0.1, -0.05) is 41.9 Å². The molecule has 0 aliphatic heterocycles. The molecule has 0 bridgehead atoms. The Morgan fingerprint density at radius 3 is 2.56 bits per heavy atom. The number of hydrogen-bond acceptors (Lipinski definition) is 3. The van der Waals surface area contributed by atoms with E-state index in [0.717, 1.165) is 24.3 Å². The van der Waals surface area contributed by atoms with Gasteiger partial charge in [-0.25, -0.2) is 4.68 Å². The van der Waals surface area contributed by atoms with E-state index in [4.69, 9.17) is 11.6 Å². The SMILES string of the molecule is O=C(NCCCNc1ccccc1)c1ccn(-c2ccccc2Cl)n1. The summed E-state index contributed by atoms with van der Waals surface area (Å²) in [5, 5.41) is 11.1. The van der Waals surface area contributed by atoms with Crippen molar-refractivity contribution >= 4 is 23.2 Å². The van der Waals surface area contributed by atoms with Crippen molar-refractivity contribution in [3.05, 3.63) is 77.6 Å². The van der Waals surface area contributed by atoms with Crippen LogP contribution in [-0.2, 0) is 0 Å². The van der Waals surface area contributed by atoms with Gasteiger partial charge in [-0.05, 0) is 36.8 Å². The molecule has 6 heteroatoms. The van der Waals surface area contributed by atoms with Gasteiger partial charge in [0.2, 0.25) is 0 Å². The lowest BCUT2D eigenvalue weighted by Crippen LogP contribution is -2.26. The van der Waals surface area contributed by atoms with Crippen molar-refractivity contribution in [3.63, 3.8) is 0 Å². The Kier molecular flexibility index (Phi) is 5.69. The van der Waals surface area contributed by atoms with E-state index in [9.17, 15) is 4.79 Å². The van der Waals surface area contributed by atoms with Crippen LogP contribution >= 0.6 is 11.6 Å². The van der Waals surface area contributed by atoms with Crippen molar-refractivity contribution < 1.29 is 4.79 Å². The minimum absolute atomic E-state index is 0.189. The van der Waals surface area contributed by atoms with E-state index < -0.39 is 0 Å². The minimum Gasteiger partial charge on any atom is -0.385 e. The van der Waals surface area contributed by atoms with E-state index in [1.165, 1.54) is 0 Å². The molecule has 2 N–H and O–H groups in total. The molecule has 0 atom stereocenters. The molecule has 2 aromatic carbocycles. The van der Waals surface area contributed by atoms with Crippen LogP contribution in [0.25, 0.3) is 5.69 Å². The Hall–Kier alpha value is -2.79. The Balaban J connectivity index is 1.47. The maximum absolute atomic E-state index is 12.2. The van der Waals surface area contributed by atoms with Gasteiger partial charge in [-0.15, -0.1) is 0 Å². The summed E-state index contributed by atoms with van der Waals surface area (Å²) in [6.07, 6.45) is 2.55. The van der Waals surface area contributed by atoms with Crippen LogP contribution in [-0.4, -0.2) is 28.8 Å². The fourth-order valence-corrected chi connectivity index (χ4v) is 2.61. The second-order valence-electron chi connectivity index (χ2n) is 5.50. The standard InChI is InChI=1S/C19H19ClN4O/c20-16-9-4-5-10-18(16)24-14-11-17(23-24)19(25)22-13-6-12-21-15-7-2-1-3-8-15/h1-5,7-11,14,21H,6,12-13H2,(H,22,25). The van der Waals surface area contributed by atoms with Gasteiger partial charge >= 0.3 is 0 Å². The minimum atomic E-state index is -0.189. The summed E-state index contributed by atoms with van der Waals surface area (Å²) in [6, 6.07) is 19.0. The molecule has 0 aliphatic carbocycles. The third kappa shape index (κ3) is 4.61. The monoisotopic (exact) mass is 354 g/mol. The first-order chi connectivity index (χ1) is 12.2. The summed E-state index contributed by atoms with van der Waals surface area (Å²) < 4.78 is 1.61. The highest BCUT2D eigenvalue weighted by Crippen LogP contribution is 2.19. The van der Waals surface area contributed by atoms with Crippen LogP contribution in [0, 0.1) is 0 Å². The summed E-state index contributed by atoms with van der Waals surface area (Å²) in [4.78, 5) is 12.2. The topological polar surface area (TPSA) is 59.0 Å². The largest absolute Gasteiger partial charge is 0.385 e. The molecule has 0 radical (unpaired) electrons. The second kappa shape index (κ2) is 8.35. The number of amides is 1. The van der Waals surface area contributed by atoms with Gasteiger partial charge in [0.15, 0.2) is 5.69 Å². The zero-order valence-corrected chi connectivity index (χ0v) is 14.4. The molecule has 5 nitrogen and oxygen atoms in total. The number of carbonyl (C=O) groups excluding carboxylic acids is 1. The maximum Gasteiger partial charge on any atom is 0.271 e. The zero-order chi connectivity index (χ0) is 17.5. The van der Waals surface area contributed by atoms with Crippen molar-refractivity contribution in [2.75, 3.05) is 18.4 Å². The molecule has 128 valence electrons. The molecule has 1 heterocycles. The first-order valence-electron chi connectivity index (χ1n) is 8.12. The van der Waals surface area contributed by atoms with E-state index in [0.29, 0.717) is 17.3 Å². The summed E-state index contributed by atoms with van der Waals surface area (Å²) in [5.41, 5.74) is 2.19. The number of rotatable bonds is 7. The Bertz CT molecular complexity index is 832. The number of anilines is 1. The van der Waals surface area contributed by atoms with E-state index in [1.54, 1.807) is 23.0 Å². The van der Waals surface area contributed by atoms with Crippen LogP contribution < -0.4 is 10.6 Å². The quantitative estimate of drug-likeness (QED) is 0.635. The molecule has 0 unspecified atom stereocenters. The van der Waals surface area contributed by atoms with Crippen LogP contribution in [0.2, 0.25) is 5.02 Å². The lowest BCUT2D eigenvalue weighted by Gasteiger charge is -2.07. The van der Waals surface area contributed by atoms with E-state index in [-0.39, 0.29) is 5.91 Å². The van der Waals surface area contributed by atoms with Crippen LogP contribution in [0.15, 0.2) is 66.9 Å². The number of benzene rings is 2. The van der Waals surface area contributed by atoms with Gasteiger partial charge in [0, 0.05) is 25.0 Å². The molecule has 1 aromatic heterocycles. The third-order valence-corrected chi connectivity index (χ3v) is 3.98. The van der Waals surface area contributed by atoms with Crippen LogP contribution in [0.1, 0.15) is 16.9 Å². The van der Waals surface area contributed by atoms with Gasteiger partial charge in [0.05, 0.1) is 10.7 Å². The van der Waals surface area contributed by atoms with E-state index in [1.807, 2.05) is 48.5 Å². The highest BCUT2D eigenvalue weighted by Gasteiger charge is 2.10. The normalized spacial score (nSPS) is 10.4. The Morgan fingerprint density at radius 2 is 1.76 bits per heavy atom. The van der Waals surface area contributed by atoms with Crippen molar-refractivity contribution in [1.29, 1.82) is 0 Å². The van der Waals surface area contributed by atoms with E-state index in [2.05, 4.69) is 15.7 Å². The van der Waals surface area contributed by atoms with Crippen molar-refractivity contribution in [2.24, 2.45) is 0 Å². The van der Waals surface area contributed by atoms with Crippen molar-refractivity contribution in [2.45, 2.75) is 6.42 Å². The Labute approximate surface area is 151 Å². The molecule has 0 fully saturated rings. The maximum atomic E-state index is 12.2. The molecule has 25 heavy (non-hydrogen) atoms. The van der Waals surface area contributed by atoms with Crippen LogP contribution in [0.5, 0.6) is 0 Å². The molecule has 0 spiro atoms. The molecular weight excluding hydrogens is 336 g/mol. The van der Waals surface area contributed by atoms with Gasteiger partial charge in [-0.2, -0.15) is 5.10 Å². The fraction of sp³-hybridized carbons (Fsp3) is 0.158. The summed E-state index contributed by atoms with van der Waals surface area (Å²) in [7, 11) is 0. The summed E-state index contributed by atoms with van der Waals surface area (Å²) >= 11 is 6.15. The molecule has 0 saturated heterocycles. The van der Waals surface area contributed by atoms with Crippen molar-refractivity contribution in [3.8, 4) is 5.69 Å². The number of nitrogens with zero attached hydrogens (tertiary/aromatic N) is 2. The zero-order valence-electron chi connectivity index (χ0n) is 13.7. The number of hydrogen-bond donors (Lipinski definition) is 2. The summed E-state index contributed by atoms with van der Waals surface area (Å²) in [6.45, 7) is 1.37. The predicted octanol–water partition coefficient (Wildman–Crippen LogP) is 3.76. The number of carbonyl (C=O) groups is 1. The van der Waals surface area contributed by atoms with Gasteiger partial charge < -0.3 is 10.6 Å². The summed E-state index contributed by atoms with van der Waals surface area (Å²) in [5.74, 6) is -0.189. The number of halogens is 1. The van der Waals surface area contributed by atoms with Crippen LogP contribution in [0.4, 0.5) is 5.69 Å². The smallest absolute Gasteiger partial charge is 0.271 e. The van der Waals surface area contributed by atoms with E-state index >= 15 is 0 Å². The molecule has 3 aromatic rings. The number of para-hydroxylation sites is 2. The van der Waals surface area contributed by atoms with Crippen LogP contribution in [0.3, 0.4) is 0 Å². The van der Waals surface area contributed by atoms with Crippen molar-refractivity contribution in [1.82, 2.24) is 15.1 Å². The first kappa shape index (κ1) is 17.0.